The largest absolute Gasteiger partial charge is 0.465 e. The third-order valence-corrected chi connectivity index (χ3v) is 1.85. The molecular formula is C12H11NO3. The van der Waals surface area contributed by atoms with Crippen LogP contribution in [0.3, 0.4) is 0 Å². The van der Waals surface area contributed by atoms with Gasteiger partial charge in [0, 0.05) is 18.5 Å². The van der Waals surface area contributed by atoms with Crippen molar-refractivity contribution in [1.29, 1.82) is 0 Å². The summed E-state index contributed by atoms with van der Waals surface area (Å²) in [4.78, 5) is 22.0. The second-order valence-electron chi connectivity index (χ2n) is 2.90. The first-order valence-electron chi connectivity index (χ1n) is 4.59. The van der Waals surface area contributed by atoms with Gasteiger partial charge in [-0.2, -0.15) is 0 Å². The highest BCUT2D eigenvalue weighted by Gasteiger charge is 2.03. The summed E-state index contributed by atoms with van der Waals surface area (Å²) in [5, 5.41) is 2.39. The minimum Gasteiger partial charge on any atom is -0.465 e. The van der Waals surface area contributed by atoms with Crippen molar-refractivity contribution < 1.29 is 14.3 Å². The van der Waals surface area contributed by atoms with Gasteiger partial charge in [0.25, 0.3) is 5.91 Å². The van der Waals surface area contributed by atoms with Crippen molar-refractivity contribution in [3.63, 3.8) is 0 Å². The normalized spacial score (nSPS) is 8.62. The topological polar surface area (TPSA) is 55.4 Å². The van der Waals surface area contributed by atoms with E-state index in [1.165, 1.54) is 14.2 Å². The van der Waals surface area contributed by atoms with Crippen LogP contribution in [0.15, 0.2) is 24.3 Å². The molecule has 0 bridgehead atoms. The molecule has 1 amide bonds. The van der Waals surface area contributed by atoms with Gasteiger partial charge in [0.15, 0.2) is 0 Å². The average Bonchev–Trinajstić information content (AvgIpc) is 2.35. The number of benzene rings is 1. The maximum atomic E-state index is 11.1. The van der Waals surface area contributed by atoms with Crippen LogP contribution in [-0.4, -0.2) is 26.0 Å². The molecule has 0 fully saturated rings. The van der Waals surface area contributed by atoms with Crippen LogP contribution in [0.1, 0.15) is 15.9 Å². The van der Waals surface area contributed by atoms with E-state index in [-0.39, 0.29) is 5.91 Å². The fourth-order valence-corrected chi connectivity index (χ4v) is 0.999. The molecule has 1 rings (SSSR count). The van der Waals surface area contributed by atoms with Crippen molar-refractivity contribution >= 4 is 11.9 Å². The molecule has 16 heavy (non-hydrogen) atoms. The zero-order chi connectivity index (χ0) is 12.0. The van der Waals surface area contributed by atoms with Crippen LogP contribution in [0.4, 0.5) is 0 Å². The van der Waals surface area contributed by atoms with E-state index >= 15 is 0 Å². The molecule has 0 aliphatic rings. The summed E-state index contributed by atoms with van der Waals surface area (Å²) in [6, 6.07) is 6.50. The molecule has 82 valence electrons. The molecule has 0 spiro atoms. The first-order valence-corrected chi connectivity index (χ1v) is 4.59. The Morgan fingerprint density at radius 1 is 1.25 bits per heavy atom. The molecule has 1 aromatic carbocycles. The van der Waals surface area contributed by atoms with Gasteiger partial charge in [-0.3, -0.25) is 4.79 Å². The van der Waals surface area contributed by atoms with Crippen molar-refractivity contribution in [3.05, 3.63) is 35.4 Å². The van der Waals surface area contributed by atoms with E-state index < -0.39 is 5.97 Å². The molecular weight excluding hydrogens is 206 g/mol. The Balaban J connectivity index is 2.82. The standard InChI is InChI=1S/C12H11NO3/c1-13-11(14)8-5-9-3-6-10(7-4-9)12(15)16-2/h3-4,6-7H,1-2H3,(H,13,14). The Hall–Kier alpha value is -2.28. The van der Waals surface area contributed by atoms with Crippen LogP contribution in [0.2, 0.25) is 0 Å². The quantitative estimate of drug-likeness (QED) is 0.552. The van der Waals surface area contributed by atoms with Gasteiger partial charge < -0.3 is 10.1 Å². The molecule has 0 saturated carbocycles. The number of esters is 1. The zero-order valence-electron chi connectivity index (χ0n) is 9.03. The summed E-state index contributed by atoms with van der Waals surface area (Å²) in [5.41, 5.74) is 1.12. The van der Waals surface area contributed by atoms with E-state index in [1.54, 1.807) is 24.3 Å². The van der Waals surface area contributed by atoms with Crippen molar-refractivity contribution in [1.82, 2.24) is 5.32 Å². The number of ether oxygens (including phenoxy) is 1. The van der Waals surface area contributed by atoms with Gasteiger partial charge in [0.2, 0.25) is 0 Å². The van der Waals surface area contributed by atoms with Gasteiger partial charge in [0.05, 0.1) is 12.7 Å². The molecule has 0 aliphatic heterocycles. The molecule has 0 heterocycles. The lowest BCUT2D eigenvalue weighted by molar-refractivity contribution is -0.115. The Bertz CT molecular complexity index is 451. The Labute approximate surface area is 93.6 Å². The monoisotopic (exact) mass is 217 g/mol. The van der Waals surface area contributed by atoms with Crippen LogP contribution >= 0.6 is 0 Å². The van der Waals surface area contributed by atoms with E-state index in [0.717, 1.165) is 0 Å². The van der Waals surface area contributed by atoms with Gasteiger partial charge in [-0.25, -0.2) is 4.79 Å². The molecule has 0 saturated heterocycles. The first kappa shape index (κ1) is 11.8. The number of carbonyl (C=O) groups is 2. The first-order chi connectivity index (χ1) is 7.67. The highest BCUT2D eigenvalue weighted by Crippen LogP contribution is 2.04. The lowest BCUT2D eigenvalue weighted by atomic mass is 10.1. The molecule has 0 unspecified atom stereocenters. The highest BCUT2D eigenvalue weighted by atomic mass is 16.5. The van der Waals surface area contributed by atoms with Gasteiger partial charge >= 0.3 is 5.97 Å². The number of carbonyl (C=O) groups excluding carboxylic acids is 2. The zero-order valence-corrected chi connectivity index (χ0v) is 9.03. The van der Waals surface area contributed by atoms with Crippen LogP contribution in [-0.2, 0) is 9.53 Å². The summed E-state index contributed by atoms with van der Waals surface area (Å²) < 4.78 is 4.55. The van der Waals surface area contributed by atoms with Crippen LogP contribution in [0.5, 0.6) is 0 Å². The van der Waals surface area contributed by atoms with E-state index in [4.69, 9.17) is 0 Å². The minimum atomic E-state index is -0.397. The summed E-state index contributed by atoms with van der Waals surface area (Å²) in [6.07, 6.45) is 0. The van der Waals surface area contributed by atoms with Gasteiger partial charge in [-0.05, 0) is 24.3 Å². The average molecular weight is 217 g/mol. The molecule has 4 heteroatoms. The molecule has 1 aromatic rings. The second kappa shape index (κ2) is 5.56. The van der Waals surface area contributed by atoms with Crippen molar-refractivity contribution in [2.75, 3.05) is 14.2 Å². The number of methoxy groups -OCH3 is 1. The molecule has 0 aromatic heterocycles. The summed E-state index contributed by atoms with van der Waals surface area (Å²) in [6.45, 7) is 0. The van der Waals surface area contributed by atoms with Gasteiger partial charge in [-0.15, -0.1) is 0 Å². The number of hydrogen-bond acceptors (Lipinski definition) is 3. The van der Waals surface area contributed by atoms with E-state index in [0.29, 0.717) is 11.1 Å². The van der Waals surface area contributed by atoms with Crippen LogP contribution in [0.25, 0.3) is 0 Å². The summed E-state index contributed by atoms with van der Waals surface area (Å²) in [7, 11) is 2.83. The smallest absolute Gasteiger partial charge is 0.337 e. The molecule has 4 nitrogen and oxygen atoms in total. The molecule has 0 radical (unpaired) electrons. The molecule has 0 atom stereocenters. The van der Waals surface area contributed by atoms with Crippen molar-refractivity contribution in [2.45, 2.75) is 0 Å². The fourth-order valence-electron chi connectivity index (χ4n) is 0.999. The lowest BCUT2D eigenvalue weighted by Gasteiger charge is -1.97. The van der Waals surface area contributed by atoms with Gasteiger partial charge in [0.1, 0.15) is 0 Å². The maximum Gasteiger partial charge on any atom is 0.337 e. The Morgan fingerprint density at radius 3 is 2.38 bits per heavy atom. The Kier molecular flexibility index (Phi) is 4.10. The molecule has 1 N–H and O–H groups in total. The van der Waals surface area contributed by atoms with E-state index in [9.17, 15) is 9.59 Å². The van der Waals surface area contributed by atoms with E-state index in [2.05, 4.69) is 21.9 Å². The second-order valence-corrected chi connectivity index (χ2v) is 2.90. The van der Waals surface area contributed by atoms with Gasteiger partial charge in [-0.1, -0.05) is 5.92 Å². The fraction of sp³-hybridized carbons (Fsp3) is 0.167. The SMILES string of the molecule is CNC(=O)C#Cc1ccc(C(=O)OC)cc1. The van der Waals surface area contributed by atoms with Crippen molar-refractivity contribution in [2.24, 2.45) is 0 Å². The number of hydrogen-bond donors (Lipinski definition) is 1. The lowest BCUT2D eigenvalue weighted by Crippen LogP contribution is -2.14. The number of nitrogens with one attached hydrogen (secondary N) is 1. The maximum absolute atomic E-state index is 11.1. The van der Waals surface area contributed by atoms with Crippen LogP contribution in [0, 0.1) is 11.8 Å². The summed E-state index contributed by atoms with van der Waals surface area (Å²) in [5.74, 6) is 4.31. The van der Waals surface area contributed by atoms with E-state index in [1.807, 2.05) is 0 Å². The predicted octanol–water partition coefficient (Wildman–Crippen LogP) is 0.571. The third-order valence-electron chi connectivity index (χ3n) is 1.85. The molecule has 0 aliphatic carbocycles. The van der Waals surface area contributed by atoms with Crippen molar-refractivity contribution in [3.8, 4) is 11.8 Å². The Morgan fingerprint density at radius 2 is 1.88 bits per heavy atom. The third kappa shape index (κ3) is 3.14. The number of amides is 1. The summed E-state index contributed by atoms with van der Waals surface area (Å²) >= 11 is 0. The predicted molar refractivity (Wildman–Crippen MR) is 58.7 cm³/mol. The minimum absolute atomic E-state index is 0.350. The number of rotatable bonds is 1. The van der Waals surface area contributed by atoms with Crippen LogP contribution < -0.4 is 5.32 Å². The highest BCUT2D eigenvalue weighted by molar-refractivity contribution is 5.94.